The Hall–Kier alpha value is -5.04. The first kappa shape index (κ1) is 36.8. The van der Waals surface area contributed by atoms with Crippen molar-refractivity contribution < 1.29 is 19.2 Å². The Bertz CT molecular complexity index is 1630. The van der Waals surface area contributed by atoms with Gasteiger partial charge in [0.15, 0.2) is 0 Å². The van der Waals surface area contributed by atoms with Gasteiger partial charge in [0.25, 0.3) is 0 Å². The molecule has 0 bridgehead atoms. The Balaban J connectivity index is 1.62. The molecule has 0 aliphatic heterocycles. The molecule has 49 heavy (non-hydrogen) atoms. The normalized spacial score (nSPS) is 12.1. The molecule has 1 atom stereocenters. The molecule has 0 unspecified atom stereocenters. The molecule has 0 heterocycles. The summed E-state index contributed by atoms with van der Waals surface area (Å²) < 4.78 is 0. The van der Waals surface area contributed by atoms with Gasteiger partial charge in [-0.3, -0.25) is 19.2 Å². The number of amides is 3. The van der Waals surface area contributed by atoms with Crippen LogP contribution in [0.5, 0.6) is 0 Å². The molecule has 0 N–H and O–H groups in total. The molecular weight excluding hydrogens is 610 g/mol. The second-order valence-electron chi connectivity index (χ2n) is 14.2. The van der Waals surface area contributed by atoms with Crippen LogP contribution in [0.25, 0.3) is 0 Å². The number of ketones is 1. The average molecular weight is 660 g/mol. The summed E-state index contributed by atoms with van der Waals surface area (Å²) in [7, 11) is 5.23. The Morgan fingerprint density at radius 2 is 0.816 bits per heavy atom. The van der Waals surface area contributed by atoms with Crippen molar-refractivity contribution >= 4 is 40.6 Å². The SMILES string of the molecule is CN(C(=O)CC(C)(C)CC(=O)[C@H](CC(C)(CC(=O)N(C)c1ccccc1)CC(=O)N(C)c1ccccc1)c1ccccc1)c1ccccc1. The van der Waals surface area contributed by atoms with Gasteiger partial charge in [0.05, 0.1) is 0 Å². The maximum atomic E-state index is 14.4. The van der Waals surface area contributed by atoms with Crippen LogP contribution in [-0.2, 0) is 19.2 Å². The first-order valence-electron chi connectivity index (χ1n) is 16.8. The molecule has 0 radical (unpaired) electrons. The molecule has 0 aliphatic rings. The van der Waals surface area contributed by atoms with Gasteiger partial charge >= 0.3 is 0 Å². The molecule has 0 aromatic heterocycles. The topological polar surface area (TPSA) is 78.0 Å². The van der Waals surface area contributed by atoms with Crippen molar-refractivity contribution in [1.29, 1.82) is 0 Å². The van der Waals surface area contributed by atoms with Gasteiger partial charge in [-0.25, -0.2) is 0 Å². The van der Waals surface area contributed by atoms with E-state index < -0.39 is 16.7 Å². The number of carbonyl (C=O) groups is 4. The van der Waals surface area contributed by atoms with Crippen LogP contribution in [0.3, 0.4) is 0 Å². The van der Waals surface area contributed by atoms with Crippen LogP contribution in [-0.4, -0.2) is 44.6 Å². The van der Waals surface area contributed by atoms with E-state index in [9.17, 15) is 19.2 Å². The van der Waals surface area contributed by atoms with Crippen molar-refractivity contribution in [3.05, 3.63) is 127 Å². The van der Waals surface area contributed by atoms with E-state index in [0.29, 0.717) is 0 Å². The summed E-state index contributed by atoms with van der Waals surface area (Å²) in [5.74, 6) is -0.965. The third-order valence-electron chi connectivity index (χ3n) is 9.28. The first-order valence-corrected chi connectivity index (χ1v) is 16.8. The van der Waals surface area contributed by atoms with Crippen LogP contribution in [0.2, 0.25) is 0 Å². The molecule has 256 valence electrons. The molecule has 0 saturated carbocycles. The second-order valence-corrected chi connectivity index (χ2v) is 14.2. The summed E-state index contributed by atoms with van der Waals surface area (Å²) in [6.45, 7) is 5.83. The number of hydrogen-bond acceptors (Lipinski definition) is 4. The lowest BCUT2D eigenvalue weighted by Crippen LogP contribution is -2.38. The third-order valence-corrected chi connectivity index (χ3v) is 9.28. The van der Waals surface area contributed by atoms with Crippen molar-refractivity contribution in [2.45, 2.75) is 58.8 Å². The average Bonchev–Trinajstić information content (AvgIpc) is 3.10. The molecule has 7 heteroatoms. The van der Waals surface area contributed by atoms with Gasteiger partial charge in [0.1, 0.15) is 5.78 Å². The lowest BCUT2D eigenvalue weighted by atomic mass is 9.70. The van der Waals surface area contributed by atoms with E-state index in [-0.39, 0.29) is 55.6 Å². The van der Waals surface area contributed by atoms with Gasteiger partial charge in [-0.2, -0.15) is 0 Å². The number of para-hydroxylation sites is 3. The molecule has 7 nitrogen and oxygen atoms in total. The predicted molar refractivity (Wildman–Crippen MR) is 199 cm³/mol. The molecule has 0 saturated heterocycles. The lowest BCUT2D eigenvalue weighted by molar-refractivity contribution is -0.128. The highest BCUT2D eigenvalue weighted by atomic mass is 16.2. The third kappa shape index (κ3) is 10.2. The van der Waals surface area contributed by atoms with Gasteiger partial charge in [-0.05, 0) is 59.2 Å². The zero-order chi connectivity index (χ0) is 35.6. The number of nitrogens with zero attached hydrogens (tertiary/aromatic N) is 3. The fraction of sp³-hybridized carbons (Fsp3) is 0.333. The van der Waals surface area contributed by atoms with Gasteiger partial charge in [-0.1, -0.05) is 106 Å². The summed E-state index contributed by atoms with van der Waals surface area (Å²) in [5.41, 5.74) is 1.63. The molecule has 4 rings (SSSR count). The second kappa shape index (κ2) is 16.4. The Kier molecular flexibility index (Phi) is 12.3. The highest BCUT2D eigenvalue weighted by Crippen LogP contribution is 2.42. The Labute approximate surface area is 291 Å². The first-order chi connectivity index (χ1) is 23.3. The van der Waals surface area contributed by atoms with Crippen molar-refractivity contribution in [3.63, 3.8) is 0 Å². The van der Waals surface area contributed by atoms with Gasteiger partial charge < -0.3 is 14.7 Å². The molecule has 0 spiro atoms. The minimum Gasteiger partial charge on any atom is -0.315 e. The van der Waals surface area contributed by atoms with Crippen molar-refractivity contribution in [2.75, 3.05) is 35.8 Å². The summed E-state index contributed by atoms with van der Waals surface area (Å²) in [6.07, 6.45) is 0.753. The predicted octanol–water partition coefficient (Wildman–Crippen LogP) is 8.31. The van der Waals surface area contributed by atoms with E-state index >= 15 is 0 Å². The zero-order valence-corrected chi connectivity index (χ0v) is 29.6. The van der Waals surface area contributed by atoms with Gasteiger partial charge in [0, 0.05) is 69.8 Å². The van der Waals surface area contributed by atoms with Crippen LogP contribution in [0.4, 0.5) is 17.1 Å². The molecule has 0 aliphatic carbocycles. The quantitative estimate of drug-likeness (QED) is 0.129. The highest BCUT2D eigenvalue weighted by Gasteiger charge is 2.39. The van der Waals surface area contributed by atoms with Gasteiger partial charge in [-0.15, -0.1) is 0 Å². The van der Waals surface area contributed by atoms with E-state index in [4.69, 9.17) is 0 Å². The van der Waals surface area contributed by atoms with E-state index in [1.54, 1.807) is 35.8 Å². The number of rotatable bonds is 15. The molecule has 4 aromatic carbocycles. The monoisotopic (exact) mass is 659 g/mol. The number of Topliss-reactive ketones (excluding diaryl/α,β-unsaturated/α-hetero) is 1. The zero-order valence-electron chi connectivity index (χ0n) is 29.6. The van der Waals surface area contributed by atoms with E-state index in [1.165, 1.54) is 0 Å². The summed E-state index contributed by atoms with van der Waals surface area (Å²) >= 11 is 0. The smallest absolute Gasteiger partial charge is 0.227 e. The maximum absolute atomic E-state index is 14.4. The van der Waals surface area contributed by atoms with Crippen LogP contribution < -0.4 is 14.7 Å². The maximum Gasteiger partial charge on any atom is 0.227 e. The van der Waals surface area contributed by atoms with Crippen LogP contribution in [0, 0.1) is 10.8 Å². The van der Waals surface area contributed by atoms with Crippen LogP contribution in [0.1, 0.15) is 64.4 Å². The number of hydrogen-bond donors (Lipinski definition) is 0. The number of benzene rings is 4. The Morgan fingerprint density at radius 1 is 0.490 bits per heavy atom. The lowest BCUT2D eigenvalue weighted by Gasteiger charge is -2.36. The number of anilines is 3. The summed E-state index contributed by atoms with van der Waals surface area (Å²) in [4.78, 5) is 60.4. The van der Waals surface area contributed by atoms with Crippen LogP contribution >= 0.6 is 0 Å². The Morgan fingerprint density at radius 3 is 1.18 bits per heavy atom. The summed E-state index contributed by atoms with van der Waals surface area (Å²) in [5, 5.41) is 0. The fourth-order valence-corrected chi connectivity index (χ4v) is 6.34. The minimum atomic E-state index is -0.871. The largest absolute Gasteiger partial charge is 0.315 e. The molecular formula is C42H49N3O4. The molecule has 3 amide bonds. The minimum absolute atomic E-state index is 0.0229. The van der Waals surface area contributed by atoms with Crippen LogP contribution in [0.15, 0.2) is 121 Å². The van der Waals surface area contributed by atoms with E-state index in [2.05, 4.69) is 0 Å². The molecule has 0 fully saturated rings. The van der Waals surface area contributed by atoms with Gasteiger partial charge in [0.2, 0.25) is 17.7 Å². The fourth-order valence-electron chi connectivity index (χ4n) is 6.34. The van der Waals surface area contributed by atoms with Crippen molar-refractivity contribution in [1.82, 2.24) is 0 Å². The molecule has 4 aromatic rings. The standard InChI is InChI=1S/C42H49N3O4/c1-41(2,29-38(47)43(4)33-21-13-8-14-22-33)28-37(46)36(32-19-11-7-12-20-32)27-42(3,30-39(48)44(5)34-23-15-9-16-24-34)31-40(49)45(6)35-25-17-10-18-26-35/h7-26,36H,27-31H2,1-6H3/t36-/m1/s1. The van der Waals surface area contributed by atoms with E-state index in [1.807, 2.05) is 142 Å². The van der Waals surface area contributed by atoms with E-state index in [0.717, 1.165) is 22.6 Å². The number of carbonyl (C=O) groups excluding carboxylic acids is 4. The van der Waals surface area contributed by atoms with Crippen molar-refractivity contribution in [2.24, 2.45) is 10.8 Å². The van der Waals surface area contributed by atoms with Crippen molar-refractivity contribution in [3.8, 4) is 0 Å². The highest BCUT2D eigenvalue weighted by molar-refractivity contribution is 5.97. The summed E-state index contributed by atoms with van der Waals surface area (Å²) in [6, 6.07) is 37.8.